The SMILES string of the molecule is CCCC(C=Nc1cc(OCc2cccc(COc3cc(N=CC(Cc4ccccc4CC)C(C)CC)c(C(C)=C4CCC4)cc3OC)n2)c(OC)cc1C(C)=O)Cc1ncccc1CC. The largest absolute Gasteiger partial charge is 0.493 e. The standard InChI is InChI=1S/C57H70N4O5/c1-10-19-41(28-51-43(13-4)24-18-27-58-51)34-59-53-33-57(55(64-9)31-50(53)40(7)62)66-37-48-26-17-25-47(61-48)36-65-56-32-52(49(30-54(56)63-8)39(6)44-22-16-23-44)60-35-46(38(5)11-2)29-45-21-15-14-20-42(45)12-3/h14-15,17-18,20-21,24-27,30-35,38,41,46H,10-13,16,19,22-23,28-29,36-37H2,1-9H3. The molecule has 0 aliphatic heterocycles. The molecule has 0 spiro atoms. The van der Waals surface area contributed by atoms with Crippen LogP contribution in [-0.2, 0) is 38.9 Å². The van der Waals surface area contributed by atoms with Crippen LogP contribution in [0.1, 0.15) is 137 Å². The summed E-state index contributed by atoms with van der Waals surface area (Å²) in [5.74, 6) is 2.96. The molecule has 5 aromatic rings. The number of benzene rings is 3. The third-order valence-electron chi connectivity index (χ3n) is 13.1. The van der Waals surface area contributed by atoms with Gasteiger partial charge in [-0.15, -0.1) is 0 Å². The Morgan fingerprint density at radius 1 is 0.712 bits per heavy atom. The summed E-state index contributed by atoms with van der Waals surface area (Å²) in [6.07, 6.45) is 16.1. The van der Waals surface area contributed by atoms with Gasteiger partial charge in [-0.1, -0.05) is 89.4 Å². The predicted molar refractivity (Wildman–Crippen MR) is 270 cm³/mol. The number of aliphatic imine (C=N–C) groups is 2. The van der Waals surface area contributed by atoms with Crippen molar-refractivity contribution in [3.63, 3.8) is 0 Å². The number of rotatable bonds is 24. The van der Waals surface area contributed by atoms with Crippen LogP contribution in [0.25, 0.3) is 5.57 Å². The molecule has 0 N–H and O–H groups in total. The summed E-state index contributed by atoms with van der Waals surface area (Å²) in [6, 6.07) is 26.3. The van der Waals surface area contributed by atoms with E-state index in [9.17, 15) is 4.79 Å². The summed E-state index contributed by atoms with van der Waals surface area (Å²) in [4.78, 5) is 32.6. The monoisotopic (exact) mass is 891 g/mol. The number of ketones is 1. The van der Waals surface area contributed by atoms with Gasteiger partial charge in [-0.3, -0.25) is 24.7 Å². The van der Waals surface area contributed by atoms with Gasteiger partial charge >= 0.3 is 0 Å². The number of aromatic nitrogens is 2. The third kappa shape index (κ3) is 12.8. The molecular weight excluding hydrogens is 821 g/mol. The Hall–Kier alpha value is -6.09. The number of methoxy groups -OCH3 is 2. The molecule has 2 aromatic heterocycles. The van der Waals surface area contributed by atoms with Gasteiger partial charge in [0.1, 0.15) is 13.2 Å². The number of pyridine rings is 2. The molecule has 348 valence electrons. The normalized spacial score (nSPS) is 13.9. The number of hydrogen-bond donors (Lipinski definition) is 0. The smallest absolute Gasteiger partial charge is 0.163 e. The summed E-state index contributed by atoms with van der Waals surface area (Å²) in [5.41, 5.74) is 12.3. The molecule has 1 aliphatic rings. The van der Waals surface area contributed by atoms with Gasteiger partial charge in [-0.05, 0) is 130 Å². The van der Waals surface area contributed by atoms with Gasteiger partial charge in [0.2, 0.25) is 0 Å². The number of carbonyl (C=O) groups excluding carboxylic acids is 1. The van der Waals surface area contributed by atoms with Gasteiger partial charge in [0.15, 0.2) is 28.8 Å². The second kappa shape index (κ2) is 24.4. The Morgan fingerprint density at radius 2 is 1.32 bits per heavy atom. The van der Waals surface area contributed by atoms with Gasteiger partial charge in [0.05, 0.1) is 37.0 Å². The lowest BCUT2D eigenvalue weighted by molar-refractivity contribution is 0.101. The summed E-state index contributed by atoms with van der Waals surface area (Å²) in [5, 5.41) is 0. The van der Waals surface area contributed by atoms with Gasteiger partial charge < -0.3 is 18.9 Å². The Balaban J connectivity index is 1.22. The molecule has 0 amide bonds. The van der Waals surface area contributed by atoms with E-state index in [1.807, 2.05) is 42.7 Å². The minimum absolute atomic E-state index is 0.106. The molecule has 1 saturated carbocycles. The third-order valence-corrected chi connectivity index (χ3v) is 13.1. The molecule has 9 heteroatoms. The van der Waals surface area contributed by atoms with Crippen LogP contribution in [0.3, 0.4) is 0 Å². The number of hydrogen-bond acceptors (Lipinski definition) is 9. The summed E-state index contributed by atoms with van der Waals surface area (Å²) in [6.45, 7) is 15.3. The average Bonchev–Trinajstić information content (AvgIpc) is 3.32. The highest BCUT2D eigenvalue weighted by Crippen LogP contribution is 2.43. The zero-order valence-corrected chi connectivity index (χ0v) is 40.8. The highest BCUT2D eigenvalue weighted by Gasteiger charge is 2.21. The molecule has 66 heavy (non-hydrogen) atoms. The van der Waals surface area contributed by atoms with E-state index in [4.69, 9.17) is 33.9 Å². The molecule has 3 aromatic carbocycles. The first kappa shape index (κ1) is 49.3. The van der Waals surface area contributed by atoms with Crippen LogP contribution in [0.4, 0.5) is 11.4 Å². The van der Waals surface area contributed by atoms with E-state index in [2.05, 4.69) is 89.1 Å². The van der Waals surface area contributed by atoms with E-state index in [1.165, 1.54) is 34.3 Å². The Kier molecular flexibility index (Phi) is 18.3. The fourth-order valence-corrected chi connectivity index (χ4v) is 8.60. The van der Waals surface area contributed by atoms with Crippen molar-refractivity contribution < 1.29 is 23.7 Å². The molecule has 2 heterocycles. The molecule has 1 aliphatic carbocycles. The maximum atomic E-state index is 12.9. The summed E-state index contributed by atoms with van der Waals surface area (Å²) >= 11 is 0. The van der Waals surface area contributed by atoms with Gasteiger partial charge in [0, 0.05) is 53.5 Å². The molecular formula is C57H70N4O5. The number of Topliss-reactive ketones (excluding diaryl/α,β-unsaturated/α-hetero) is 1. The van der Waals surface area contributed by atoms with Crippen molar-refractivity contribution in [3.8, 4) is 23.0 Å². The maximum absolute atomic E-state index is 12.9. The Bertz CT molecular complexity index is 2500. The molecule has 3 atom stereocenters. The summed E-state index contributed by atoms with van der Waals surface area (Å²) < 4.78 is 24.6. The molecule has 0 bridgehead atoms. The number of aryl methyl sites for hydroxylation is 2. The Morgan fingerprint density at radius 3 is 1.89 bits per heavy atom. The van der Waals surface area contributed by atoms with Crippen molar-refractivity contribution in [1.29, 1.82) is 0 Å². The zero-order valence-electron chi connectivity index (χ0n) is 40.8. The number of carbonyl (C=O) groups is 1. The van der Waals surface area contributed by atoms with Crippen molar-refractivity contribution in [2.75, 3.05) is 14.2 Å². The number of nitrogens with zero attached hydrogens (tertiary/aromatic N) is 4. The quantitative estimate of drug-likeness (QED) is 0.0449. The van der Waals surface area contributed by atoms with Crippen LogP contribution < -0.4 is 18.9 Å². The molecule has 1 fully saturated rings. The zero-order chi connectivity index (χ0) is 47.0. The van der Waals surface area contributed by atoms with Crippen LogP contribution in [0.15, 0.2) is 101 Å². The van der Waals surface area contributed by atoms with Gasteiger partial charge in [-0.25, -0.2) is 0 Å². The van der Waals surface area contributed by atoms with Crippen molar-refractivity contribution >= 4 is 35.2 Å². The van der Waals surface area contributed by atoms with Gasteiger partial charge in [-0.2, -0.15) is 0 Å². The van der Waals surface area contributed by atoms with Crippen molar-refractivity contribution in [2.45, 2.75) is 126 Å². The molecule has 9 nitrogen and oxygen atoms in total. The van der Waals surface area contributed by atoms with E-state index >= 15 is 0 Å². The first-order valence-electron chi connectivity index (χ1n) is 24.0. The molecule has 6 rings (SSSR count). The maximum Gasteiger partial charge on any atom is 0.163 e. The lowest BCUT2D eigenvalue weighted by Gasteiger charge is -2.23. The lowest BCUT2D eigenvalue weighted by Crippen LogP contribution is -2.16. The summed E-state index contributed by atoms with van der Waals surface area (Å²) in [7, 11) is 3.25. The second-order valence-corrected chi connectivity index (χ2v) is 17.5. The van der Waals surface area contributed by atoms with E-state index in [0.717, 1.165) is 80.4 Å². The fourth-order valence-electron chi connectivity index (χ4n) is 8.60. The fraction of sp³-hybridized carbons (Fsp3) is 0.421. The first-order chi connectivity index (χ1) is 32.1. The highest BCUT2D eigenvalue weighted by atomic mass is 16.5. The van der Waals surface area contributed by atoms with E-state index < -0.39 is 0 Å². The second-order valence-electron chi connectivity index (χ2n) is 17.5. The van der Waals surface area contributed by atoms with Crippen LogP contribution >= 0.6 is 0 Å². The van der Waals surface area contributed by atoms with Crippen LogP contribution in [0.5, 0.6) is 23.0 Å². The predicted octanol–water partition coefficient (Wildman–Crippen LogP) is 13.9. The van der Waals surface area contributed by atoms with Crippen molar-refractivity contribution in [3.05, 3.63) is 136 Å². The van der Waals surface area contributed by atoms with Crippen LogP contribution in [-0.4, -0.2) is 42.4 Å². The van der Waals surface area contributed by atoms with E-state index in [1.54, 1.807) is 33.3 Å². The molecule has 3 unspecified atom stereocenters. The first-order valence-corrected chi connectivity index (χ1v) is 24.0. The van der Waals surface area contributed by atoms with Crippen molar-refractivity contribution in [1.82, 2.24) is 9.97 Å². The number of ether oxygens (including phenoxy) is 4. The van der Waals surface area contributed by atoms with Crippen LogP contribution in [0.2, 0.25) is 0 Å². The minimum Gasteiger partial charge on any atom is -0.493 e. The van der Waals surface area contributed by atoms with Gasteiger partial charge in [0.25, 0.3) is 0 Å². The van der Waals surface area contributed by atoms with E-state index in [0.29, 0.717) is 45.9 Å². The highest BCUT2D eigenvalue weighted by molar-refractivity contribution is 6.00. The minimum atomic E-state index is -0.106. The topological polar surface area (TPSA) is 104 Å². The molecule has 0 saturated heterocycles. The van der Waals surface area contributed by atoms with Crippen molar-refractivity contribution in [2.24, 2.45) is 27.7 Å². The lowest BCUT2D eigenvalue weighted by atomic mass is 9.85. The number of allylic oxidation sites excluding steroid dienone is 2. The molecule has 0 radical (unpaired) electrons. The Labute approximate surface area is 393 Å². The van der Waals surface area contributed by atoms with E-state index in [-0.39, 0.29) is 30.8 Å². The van der Waals surface area contributed by atoms with Crippen LogP contribution in [0, 0.1) is 17.8 Å². The average molecular weight is 891 g/mol.